The second-order valence-corrected chi connectivity index (χ2v) is 11.4. The van der Waals surface area contributed by atoms with Crippen LogP contribution in [0.4, 0.5) is 8.78 Å². The number of carbonyl (C=O) groups excluding carboxylic acids is 2. The number of aliphatic hydroxyl groups is 1. The zero-order valence-corrected chi connectivity index (χ0v) is 25.8. The van der Waals surface area contributed by atoms with Crippen LogP contribution in [-0.2, 0) is 12.5 Å². The Labute approximate surface area is 254 Å². The number of hydrogen-bond donors (Lipinski definition) is 3. The number of amides is 2. The van der Waals surface area contributed by atoms with Crippen LogP contribution in [-0.4, -0.2) is 53.6 Å². The Morgan fingerprint density at radius 3 is 2.24 bits per heavy atom. The van der Waals surface area contributed by atoms with Crippen molar-refractivity contribution >= 4 is 34.4 Å². The van der Waals surface area contributed by atoms with Gasteiger partial charge in [-0.25, -0.2) is 0 Å². The van der Waals surface area contributed by atoms with E-state index < -0.39 is 24.0 Å². The lowest BCUT2D eigenvalue weighted by molar-refractivity contribution is -0.0806. The molecule has 0 aliphatic heterocycles. The number of benzene rings is 3. The third-order valence-corrected chi connectivity index (χ3v) is 7.32. The highest BCUT2D eigenvalue weighted by molar-refractivity contribution is 14.1. The summed E-state index contributed by atoms with van der Waals surface area (Å²) in [7, 11) is 0. The molecule has 0 radical (unpaired) electrons. The van der Waals surface area contributed by atoms with Crippen LogP contribution < -0.4 is 10.6 Å². The summed E-state index contributed by atoms with van der Waals surface area (Å²) in [5.41, 5.74) is 1.67. The molecule has 0 saturated heterocycles. The molecule has 3 aromatic carbocycles. The molecule has 0 saturated carbocycles. The van der Waals surface area contributed by atoms with Gasteiger partial charge >= 0.3 is 0 Å². The Morgan fingerprint density at radius 1 is 0.951 bits per heavy atom. The molecule has 2 amide bonds. The molecule has 6 nitrogen and oxygen atoms in total. The maximum Gasteiger partial charge on any atom is 0.295 e. The molecule has 0 bridgehead atoms. The van der Waals surface area contributed by atoms with Gasteiger partial charge in [0.1, 0.15) is 6.04 Å². The first kappa shape index (κ1) is 32.6. The molecule has 0 fully saturated rings. The van der Waals surface area contributed by atoms with Crippen LogP contribution in [0.1, 0.15) is 64.1 Å². The minimum absolute atomic E-state index is 0.0779. The molecule has 0 heterocycles. The van der Waals surface area contributed by atoms with Gasteiger partial charge in [-0.3, -0.25) is 9.59 Å². The molecule has 220 valence electrons. The van der Waals surface area contributed by atoms with Crippen LogP contribution in [0.5, 0.6) is 0 Å². The van der Waals surface area contributed by atoms with Gasteiger partial charge in [-0.2, -0.15) is 8.78 Å². The molecule has 0 aliphatic carbocycles. The fourth-order valence-electron chi connectivity index (χ4n) is 4.70. The third-order valence-electron chi connectivity index (χ3n) is 6.65. The fraction of sp³-hybridized carbons (Fsp3) is 0.375. The summed E-state index contributed by atoms with van der Waals surface area (Å²) in [4.78, 5) is 28.4. The molecule has 0 aromatic heterocycles. The van der Waals surface area contributed by atoms with Gasteiger partial charge in [0.25, 0.3) is 17.7 Å². The maximum atomic E-state index is 15.8. The van der Waals surface area contributed by atoms with E-state index in [1.807, 2.05) is 38.1 Å². The Kier molecular flexibility index (Phi) is 12.2. The highest BCUT2D eigenvalue weighted by Gasteiger charge is 2.46. The number of rotatable bonds is 14. The molecule has 2 atom stereocenters. The van der Waals surface area contributed by atoms with E-state index in [4.69, 9.17) is 0 Å². The molecule has 0 aliphatic rings. The Morgan fingerprint density at radius 2 is 1.61 bits per heavy atom. The summed E-state index contributed by atoms with van der Waals surface area (Å²) in [6.07, 6.45) is -0.0416. The van der Waals surface area contributed by atoms with Crippen LogP contribution in [0, 0.1) is 10.5 Å². The molecule has 41 heavy (non-hydrogen) atoms. The molecule has 3 rings (SSSR count). The molecule has 0 unspecified atom stereocenters. The lowest BCUT2D eigenvalue weighted by Gasteiger charge is -2.32. The van der Waals surface area contributed by atoms with Crippen molar-refractivity contribution in [3.63, 3.8) is 0 Å². The number of halogens is 3. The molecule has 3 N–H and O–H groups in total. The van der Waals surface area contributed by atoms with E-state index >= 15 is 8.78 Å². The third kappa shape index (κ3) is 9.05. The largest absolute Gasteiger partial charge is 0.389 e. The molecular weight excluding hydrogens is 639 g/mol. The van der Waals surface area contributed by atoms with Gasteiger partial charge < -0.3 is 20.6 Å². The first-order valence-corrected chi connectivity index (χ1v) is 14.9. The fourth-order valence-corrected chi connectivity index (χ4v) is 5.30. The van der Waals surface area contributed by atoms with Crippen molar-refractivity contribution in [3.8, 4) is 0 Å². The van der Waals surface area contributed by atoms with Crippen molar-refractivity contribution in [3.05, 3.63) is 104 Å². The van der Waals surface area contributed by atoms with Gasteiger partial charge in [-0.05, 0) is 83.8 Å². The van der Waals surface area contributed by atoms with E-state index in [9.17, 15) is 14.7 Å². The highest BCUT2D eigenvalue weighted by atomic mass is 127. The van der Waals surface area contributed by atoms with Crippen LogP contribution in [0.25, 0.3) is 0 Å². The van der Waals surface area contributed by atoms with Gasteiger partial charge in [0.15, 0.2) is 0 Å². The van der Waals surface area contributed by atoms with Crippen molar-refractivity contribution in [1.82, 2.24) is 15.5 Å². The summed E-state index contributed by atoms with van der Waals surface area (Å²) in [6.45, 7) is 7.05. The lowest BCUT2D eigenvalue weighted by Crippen LogP contribution is -2.55. The topological polar surface area (TPSA) is 81.7 Å². The average Bonchev–Trinajstić information content (AvgIpc) is 2.95. The molecule has 9 heteroatoms. The van der Waals surface area contributed by atoms with Gasteiger partial charge in [-0.15, -0.1) is 0 Å². The van der Waals surface area contributed by atoms with Gasteiger partial charge in [-0.1, -0.05) is 56.3 Å². The Bertz CT molecular complexity index is 1300. The maximum absolute atomic E-state index is 15.8. The van der Waals surface area contributed by atoms with Crippen LogP contribution >= 0.6 is 22.6 Å². The summed E-state index contributed by atoms with van der Waals surface area (Å²) in [6, 6.07) is 17.6. The van der Waals surface area contributed by atoms with Crippen molar-refractivity contribution in [2.45, 2.75) is 58.2 Å². The zero-order valence-electron chi connectivity index (χ0n) is 23.7. The number of aryl methyl sites for hydroxylation is 1. The standard InChI is InChI=1S/C32H38F2IN3O3/c1-4-14-38(15-5-2)31(41)25-17-22(3)16-24(19-25)30(40)37-29(32(33,34)26-11-7-6-8-12-26)28(39)21-36-20-23-10-9-13-27(35)18-23/h6-13,16-19,28-29,36,39H,4-5,14-15,20-21H2,1-3H3,(H,37,40)/t28-,29+/m1/s1. The second kappa shape index (κ2) is 15.4. The quantitative estimate of drug-likeness (QED) is 0.186. The number of nitrogens with zero attached hydrogens (tertiary/aromatic N) is 1. The van der Waals surface area contributed by atoms with E-state index in [1.54, 1.807) is 30.0 Å². The smallest absolute Gasteiger partial charge is 0.295 e. The number of hydrogen-bond acceptors (Lipinski definition) is 4. The normalized spacial score (nSPS) is 13.0. The Hall–Kier alpha value is -2.89. The van der Waals surface area contributed by atoms with E-state index in [-0.39, 0.29) is 23.6 Å². The minimum atomic E-state index is -3.58. The van der Waals surface area contributed by atoms with Crippen LogP contribution in [0.2, 0.25) is 0 Å². The van der Waals surface area contributed by atoms with Gasteiger partial charge in [0, 0.05) is 46.4 Å². The molecule has 3 aromatic rings. The van der Waals surface area contributed by atoms with E-state index in [1.165, 1.54) is 30.3 Å². The summed E-state index contributed by atoms with van der Waals surface area (Å²) in [5.74, 6) is -4.59. The predicted molar refractivity (Wildman–Crippen MR) is 166 cm³/mol. The van der Waals surface area contributed by atoms with Crippen LogP contribution in [0.3, 0.4) is 0 Å². The number of nitrogens with one attached hydrogen (secondary N) is 2. The zero-order chi connectivity index (χ0) is 30.0. The monoisotopic (exact) mass is 677 g/mol. The SMILES string of the molecule is CCCN(CCC)C(=O)c1cc(C)cc(C(=O)N[C@@H]([C@H](O)CNCc2cccc(I)c2)C(F)(F)c2ccccc2)c1. The Balaban J connectivity index is 1.86. The van der Waals surface area contributed by atoms with E-state index in [0.29, 0.717) is 30.8 Å². The predicted octanol–water partition coefficient (Wildman–Crippen LogP) is 5.90. The molecule has 0 spiro atoms. The van der Waals surface area contributed by atoms with Crippen molar-refractivity contribution < 1.29 is 23.5 Å². The molecular formula is C32H38F2IN3O3. The number of alkyl halides is 2. The highest BCUT2D eigenvalue weighted by Crippen LogP contribution is 2.33. The number of carbonyl (C=O) groups is 2. The summed E-state index contributed by atoms with van der Waals surface area (Å²) >= 11 is 2.19. The van der Waals surface area contributed by atoms with Gasteiger partial charge in [0.2, 0.25) is 0 Å². The lowest BCUT2D eigenvalue weighted by atomic mass is 9.95. The van der Waals surface area contributed by atoms with Crippen molar-refractivity contribution in [1.29, 1.82) is 0 Å². The van der Waals surface area contributed by atoms with Crippen molar-refractivity contribution in [2.75, 3.05) is 19.6 Å². The second-order valence-electron chi connectivity index (χ2n) is 10.1. The summed E-state index contributed by atoms with van der Waals surface area (Å²) < 4.78 is 32.7. The first-order chi connectivity index (χ1) is 19.6. The van der Waals surface area contributed by atoms with Crippen molar-refractivity contribution in [2.24, 2.45) is 0 Å². The van der Waals surface area contributed by atoms with Crippen LogP contribution in [0.15, 0.2) is 72.8 Å². The van der Waals surface area contributed by atoms with E-state index in [2.05, 4.69) is 33.2 Å². The number of aliphatic hydroxyl groups excluding tert-OH is 1. The minimum Gasteiger partial charge on any atom is -0.389 e. The van der Waals surface area contributed by atoms with Gasteiger partial charge in [0.05, 0.1) is 6.10 Å². The first-order valence-electron chi connectivity index (χ1n) is 13.8. The average molecular weight is 678 g/mol. The summed E-state index contributed by atoms with van der Waals surface area (Å²) in [5, 5.41) is 16.4. The van der Waals surface area contributed by atoms with E-state index in [0.717, 1.165) is 22.0 Å².